The van der Waals surface area contributed by atoms with E-state index in [0.717, 1.165) is 41.5 Å². The van der Waals surface area contributed by atoms with E-state index in [1.807, 2.05) is 48.5 Å². The highest BCUT2D eigenvalue weighted by molar-refractivity contribution is 7.88. The number of anilines is 1. The first kappa shape index (κ1) is 35.7. The van der Waals surface area contributed by atoms with E-state index in [4.69, 9.17) is 10.2 Å². The molecule has 1 saturated heterocycles. The van der Waals surface area contributed by atoms with Crippen LogP contribution in [0, 0.1) is 17.7 Å². The van der Waals surface area contributed by atoms with E-state index in [2.05, 4.69) is 4.72 Å². The third-order valence-corrected chi connectivity index (χ3v) is 9.29. The molecule has 12 heteroatoms. The lowest BCUT2D eigenvalue weighted by atomic mass is 9.78. The van der Waals surface area contributed by atoms with Crippen molar-refractivity contribution in [2.24, 2.45) is 11.8 Å². The number of unbranched alkanes of at least 4 members (excludes halogenated alkanes) is 1. The number of hydrogen-bond acceptors (Lipinski definition) is 6. The highest BCUT2D eigenvalue weighted by Crippen LogP contribution is 2.46. The molecule has 0 saturated carbocycles. The first-order chi connectivity index (χ1) is 22.3. The number of aliphatic carboxylic acids is 2. The van der Waals surface area contributed by atoms with Crippen molar-refractivity contribution in [2.75, 3.05) is 17.7 Å². The number of benzene rings is 3. The Balaban J connectivity index is 1.45. The average molecular weight is 669 g/mol. The maximum Gasteiger partial charge on any atom is 0.317 e. The number of rotatable bonds is 18. The van der Waals surface area contributed by atoms with Crippen molar-refractivity contribution >= 4 is 33.6 Å². The molecule has 4 rings (SSSR count). The molecule has 3 aromatic carbocycles. The number of amides is 1. The molecule has 0 aromatic heterocycles. The average Bonchev–Trinajstić information content (AvgIpc) is 3.02. The van der Waals surface area contributed by atoms with E-state index in [1.54, 1.807) is 4.90 Å². The van der Waals surface area contributed by atoms with Gasteiger partial charge < -0.3 is 20.2 Å². The number of halogens is 1. The fourth-order valence-electron chi connectivity index (χ4n) is 5.97. The molecule has 1 fully saturated rings. The molecule has 252 valence electrons. The first-order valence-electron chi connectivity index (χ1n) is 15.7. The molecular weight excluding hydrogens is 627 g/mol. The Bertz CT molecular complexity index is 1620. The summed E-state index contributed by atoms with van der Waals surface area (Å²) in [6.45, 7) is 0.377. The molecule has 47 heavy (non-hydrogen) atoms. The molecule has 0 spiro atoms. The maximum atomic E-state index is 13.6. The van der Waals surface area contributed by atoms with Crippen molar-refractivity contribution in [1.82, 2.24) is 4.72 Å². The summed E-state index contributed by atoms with van der Waals surface area (Å²) in [5, 5.41) is 29.0. The minimum atomic E-state index is -3.21. The van der Waals surface area contributed by atoms with Crippen LogP contribution in [0.15, 0.2) is 72.8 Å². The molecule has 0 radical (unpaired) electrons. The van der Waals surface area contributed by atoms with Crippen LogP contribution in [0.2, 0.25) is 0 Å². The summed E-state index contributed by atoms with van der Waals surface area (Å²) in [6, 6.07) is 20.7. The van der Waals surface area contributed by atoms with Gasteiger partial charge in [0, 0.05) is 12.2 Å². The molecular formula is C35H41FN2O8S. The van der Waals surface area contributed by atoms with E-state index in [-0.39, 0.29) is 18.4 Å². The van der Waals surface area contributed by atoms with Gasteiger partial charge in [-0.3, -0.25) is 14.4 Å². The second kappa shape index (κ2) is 16.1. The third-order valence-electron chi connectivity index (χ3n) is 8.57. The van der Waals surface area contributed by atoms with Gasteiger partial charge in [-0.1, -0.05) is 48.5 Å². The molecule has 3 unspecified atom stereocenters. The number of carbonyl (C=O) groups excluding carboxylic acids is 1. The highest BCUT2D eigenvalue weighted by atomic mass is 32.2. The number of hydrogen-bond donors (Lipinski definition) is 4. The lowest BCUT2D eigenvalue weighted by Crippen LogP contribution is -2.55. The van der Waals surface area contributed by atoms with Crippen molar-refractivity contribution < 1.29 is 42.5 Å². The van der Waals surface area contributed by atoms with Crippen LogP contribution in [0.1, 0.15) is 72.9 Å². The van der Waals surface area contributed by atoms with Crippen molar-refractivity contribution in [3.05, 3.63) is 101 Å². The predicted molar refractivity (Wildman–Crippen MR) is 175 cm³/mol. The molecule has 1 aliphatic heterocycles. The summed E-state index contributed by atoms with van der Waals surface area (Å²) in [6.07, 6.45) is 4.16. The largest absolute Gasteiger partial charge is 0.481 e. The van der Waals surface area contributed by atoms with E-state index >= 15 is 0 Å². The normalized spacial score (nSPS) is 17.0. The summed E-state index contributed by atoms with van der Waals surface area (Å²) in [5.74, 6) is -5.02. The zero-order valence-electron chi connectivity index (χ0n) is 26.2. The molecule has 0 aliphatic carbocycles. The Kier molecular flexibility index (Phi) is 12.3. The van der Waals surface area contributed by atoms with Gasteiger partial charge in [-0.25, -0.2) is 17.5 Å². The number of carboxylic acid groups (broad SMARTS) is 2. The van der Waals surface area contributed by atoms with Crippen LogP contribution in [0.5, 0.6) is 0 Å². The van der Waals surface area contributed by atoms with Gasteiger partial charge in [0.2, 0.25) is 15.9 Å². The predicted octanol–water partition coefficient (Wildman–Crippen LogP) is 5.02. The number of β-lactam (4-membered cyclic amide) rings is 1. The van der Waals surface area contributed by atoms with E-state index in [1.165, 1.54) is 24.3 Å². The van der Waals surface area contributed by atoms with Gasteiger partial charge in [-0.05, 0) is 97.9 Å². The molecule has 3 atom stereocenters. The summed E-state index contributed by atoms with van der Waals surface area (Å²) in [5.41, 5.74) is 4.18. The number of carbonyl (C=O) groups is 3. The number of aliphatic hydroxyl groups is 1. The molecule has 1 heterocycles. The quantitative estimate of drug-likeness (QED) is 0.0835. The van der Waals surface area contributed by atoms with E-state index in [9.17, 15) is 32.3 Å². The minimum absolute atomic E-state index is 0.0172. The van der Waals surface area contributed by atoms with Crippen molar-refractivity contribution in [2.45, 2.75) is 63.5 Å². The molecule has 4 N–H and O–H groups in total. The van der Waals surface area contributed by atoms with Crippen LogP contribution in [-0.4, -0.2) is 54.4 Å². The van der Waals surface area contributed by atoms with Gasteiger partial charge >= 0.3 is 11.9 Å². The van der Waals surface area contributed by atoms with Gasteiger partial charge in [-0.2, -0.15) is 0 Å². The van der Waals surface area contributed by atoms with Crippen molar-refractivity contribution in [1.29, 1.82) is 0 Å². The zero-order valence-corrected chi connectivity index (χ0v) is 27.0. The summed E-state index contributed by atoms with van der Waals surface area (Å²) >= 11 is 0. The molecule has 3 aromatic rings. The topological polar surface area (TPSA) is 161 Å². The lowest BCUT2D eigenvalue weighted by molar-refractivity contribution is -0.154. The van der Waals surface area contributed by atoms with Gasteiger partial charge in [-0.15, -0.1) is 0 Å². The third kappa shape index (κ3) is 9.93. The van der Waals surface area contributed by atoms with Crippen LogP contribution in [0.25, 0.3) is 0 Å². The van der Waals surface area contributed by atoms with Gasteiger partial charge in [0.05, 0.1) is 24.3 Å². The number of sulfonamides is 1. The van der Waals surface area contributed by atoms with E-state index in [0.29, 0.717) is 44.2 Å². The number of nitrogens with one attached hydrogen (secondary N) is 1. The van der Waals surface area contributed by atoms with Gasteiger partial charge in [0.25, 0.3) is 0 Å². The SMILES string of the molecule is CS(=O)(=O)NCCCCc1ccc(N2C(=O)C(CCC(O)c3ccc(F)cc3)C2c2ccc(CCCC(C(=O)O)C(=O)O)cc2)cc1. The Hall–Kier alpha value is -4.13. The molecule has 1 aliphatic rings. The van der Waals surface area contributed by atoms with Crippen molar-refractivity contribution in [3.8, 4) is 0 Å². The second-order valence-electron chi connectivity index (χ2n) is 12.1. The zero-order chi connectivity index (χ0) is 34.1. The van der Waals surface area contributed by atoms with Gasteiger partial charge in [0.15, 0.2) is 5.92 Å². The Morgan fingerprint density at radius 2 is 1.43 bits per heavy atom. The van der Waals surface area contributed by atoms with Crippen LogP contribution < -0.4 is 9.62 Å². The fourth-order valence-corrected chi connectivity index (χ4v) is 6.48. The highest BCUT2D eigenvalue weighted by Gasteiger charge is 2.48. The fraction of sp³-hybridized carbons (Fsp3) is 0.400. The number of aliphatic hydroxyl groups excluding tert-OH is 1. The van der Waals surface area contributed by atoms with Crippen LogP contribution in [0.4, 0.5) is 10.1 Å². The second-order valence-corrected chi connectivity index (χ2v) is 13.9. The standard InChI is InChI=1S/C35H41FN2O8S/c1-47(45,46)37-22-3-2-5-23-10-18-28(19-11-23)38-32(29(33(38)40)20-21-31(39)25-14-16-27(36)17-15-25)26-12-8-24(9-13-26)6-4-7-30(34(41)42)35(43)44/h8-19,29-32,37,39H,2-7,20-22H2,1H3,(H,41,42)(H,43,44). The van der Waals surface area contributed by atoms with Crippen LogP contribution in [0.3, 0.4) is 0 Å². The number of aryl methyl sites for hydroxylation is 2. The monoisotopic (exact) mass is 668 g/mol. The molecule has 0 bridgehead atoms. The number of carboxylic acids is 2. The summed E-state index contributed by atoms with van der Waals surface area (Å²) in [4.78, 5) is 37.7. The first-order valence-corrected chi connectivity index (χ1v) is 17.6. The van der Waals surface area contributed by atoms with Crippen molar-refractivity contribution in [3.63, 3.8) is 0 Å². The van der Waals surface area contributed by atoms with Gasteiger partial charge in [0.1, 0.15) is 5.82 Å². The van der Waals surface area contributed by atoms with Crippen LogP contribution in [-0.2, 0) is 37.2 Å². The Labute approximate surface area is 274 Å². The minimum Gasteiger partial charge on any atom is -0.481 e. The van der Waals surface area contributed by atoms with E-state index < -0.39 is 45.7 Å². The summed E-state index contributed by atoms with van der Waals surface area (Å²) in [7, 11) is -3.21. The van der Waals surface area contributed by atoms with Crippen LogP contribution >= 0.6 is 0 Å². The molecule has 10 nitrogen and oxygen atoms in total. The smallest absolute Gasteiger partial charge is 0.317 e. The molecule has 1 amide bonds. The Morgan fingerprint density at radius 1 is 0.851 bits per heavy atom. The lowest BCUT2D eigenvalue weighted by Gasteiger charge is -2.48. The number of nitrogens with zero attached hydrogens (tertiary/aromatic N) is 1. The summed E-state index contributed by atoms with van der Waals surface area (Å²) < 4.78 is 38.4. The maximum absolute atomic E-state index is 13.6. The Morgan fingerprint density at radius 3 is 2.00 bits per heavy atom.